The zero-order chi connectivity index (χ0) is 59.3. The van der Waals surface area contributed by atoms with Crippen LogP contribution < -0.4 is 0 Å². The summed E-state index contributed by atoms with van der Waals surface area (Å²) in [5.41, 5.74) is 2.09. The van der Waals surface area contributed by atoms with Crippen molar-refractivity contribution in [1.29, 1.82) is 0 Å². The van der Waals surface area contributed by atoms with Gasteiger partial charge in [-0.1, -0.05) is 236 Å². The van der Waals surface area contributed by atoms with Gasteiger partial charge in [0.25, 0.3) is 0 Å². The summed E-state index contributed by atoms with van der Waals surface area (Å²) in [7, 11) is 0. The van der Waals surface area contributed by atoms with E-state index in [1.165, 1.54) is 96.3 Å². The van der Waals surface area contributed by atoms with Gasteiger partial charge in [-0.05, 0) is 128 Å². The van der Waals surface area contributed by atoms with Gasteiger partial charge in [0.1, 0.15) is 0 Å². The molecule has 0 radical (unpaired) electrons. The van der Waals surface area contributed by atoms with Crippen molar-refractivity contribution in [3.05, 3.63) is 38.5 Å². The van der Waals surface area contributed by atoms with E-state index in [1.54, 1.807) is 25.7 Å². The summed E-state index contributed by atoms with van der Waals surface area (Å²) < 4.78 is 0. The van der Waals surface area contributed by atoms with Gasteiger partial charge in [0.2, 0.25) is 0 Å². The Morgan fingerprint density at radius 1 is 0.364 bits per heavy atom. The van der Waals surface area contributed by atoms with Crippen molar-refractivity contribution in [3.8, 4) is 0 Å². The number of fused-ring (bicyclic) bond motifs is 6. The molecule has 474 valence electrons. The van der Waals surface area contributed by atoms with Crippen molar-refractivity contribution in [2.75, 3.05) is 0 Å². The molecule has 8 fully saturated rings. The Morgan fingerprint density at radius 3 is 0.818 bits per heavy atom. The van der Waals surface area contributed by atoms with Crippen molar-refractivity contribution in [2.45, 2.75) is 344 Å². The first-order valence-corrected chi connectivity index (χ1v) is 34.2. The van der Waals surface area contributed by atoms with Gasteiger partial charge in [0.05, 0.1) is 0 Å². The van der Waals surface area contributed by atoms with Gasteiger partial charge in [-0.2, -0.15) is 79.1 Å². The third-order valence-corrected chi connectivity index (χ3v) is 18.3. The molecule has 0 saturated heterocycles. The Bertz CT molecular complexity index is 998. The van der Waals surface area contributed by atoms with E-state index in [0.29, 0.717) is 10.8 Å². The Morgan fingerprint density at radius 2 is 0.623 bits per heavy atom. The van der Waals surface area contributed by atoms with E-state index in [4.69, 9.17) is 0 Å². The molecule has 4 bridgehead atoms. The molecule has 3 atom stereocenters. The molecule has 8 rings (SSSR count). The van der Waals surface area contributed by atoms with Crippen molar-refractivity contribution in [1.82, 2.24) is 0 Å². The fourth-order valence-electron chi connectivity index (χ4n) is 14.0. The Labute approximate surface area is 540 Å². The summed E-state index contributed by atoms with van der Waals surface area (Å²) in [5.74, 6) is 13.8. The van der Waals surface area contributed by atoms with Gasteiger partial charge in [0.15, 0.2) is 0 Å². The molecule has 8 aliphatic rings. The molecular weight excluding hydrogens is 1440 g/mol. The molecule has 0 spiro atoms. The SMILES string of the molecule is CC.CC.CC.CC.CC.CC.CC.CC.CC(C)C12C[CH-]CC(C[CH-]C1)C2.CC(C)C12C[CH-]CC(C[CH-]C1)C2.CC(C)C1CC2CC(C(C)C)CC2C1.CC(C)C1CC2CCCC2(C(C)C)C1.C[CH-]C.C[CH-]C.[W].[W].[W]. The number of hydrogen-bond acceptors (Lipinski definition) is 0. The van der Waals surface area contributed by atoms with Crippen molar-refractivity contribution in [3.63, 3.8) is 0 Å². The maximum atomic E-state index is 2.54. The van der Waals surface area contributed by atoms with Crippen LogP contribution in [0.25, 0.3) is 0 Å². The molecule has 3 heteroatoms. The molecule has 0 aromatic heterocycles. The average Bonchev–Trinajstić information content (AvgIpc) is 4.22. The van der Waals surface area contributed by atoms with Gasteiger partial charge in [-0.3, -0.25) is 0 Å². The van der Waals surface area contributed by atoms with Crippen LogP contribution in [0.1, 0.15) is 344 Å². The fraction of sp³-hybridized carbons (Fsp3) is 0.919. The molecule has 0 aromatic carbocycles. The van der Waals surface area contributed by atoms with Crippen LogP contribution in [-0.4, -0.2) is 0 Å². The van der Waals surface area contributed by atoms with Crippen molar-refractivity contribution >= 4 is 0 Å². The second-order valence-electron chi connectivity index (χ2n) is 24.1. The molecule has 8 saturated carbocycles. The predicted octanol–water partition coefficient (Wildman–Crippen LogP) is 26.8. The molecule has 0 aromatic rings. The molecule has 77 heavy (non-hydrogen) atoms. The van der Waals surface area contributed by atoms with Crippen LogP contribution in [0.4, 0.5) is 0 Å². The zero-order valence-electron chi connectivity index (χ0n) is 59.7. The van der Waals surface area contributed by atoms with Crippen LogP contribution in [0, 0.1) is 138 Å². The average molecular weight is 1600 g/mol. The van der Waals surface area contributed by atoms with Gasteiger partial charge in [0, 0.05) is 63.2 Å². The van der Waals surface area contributed by atoms with E-state index in [2.05, 4.69) is 109 Å². The monoisotopic (exact) mass is 1600 g/mol. The predicted molar refractivity (Wildman–Crippen MR) is 351 cm³/mol. The fourth-order valence-corrected chi connectivity index (χ4v) is 14.0. The minimum Gasteiger partial charge on any atom is -0.335 e. The molecule has 0 aliphatic heterocycles. The minimum absolute atomic E-state index is 0. The van der Waals surface area contributed by atoms with E-state index in [0.717, 1.165) is 88.3 Å². The molecule has 0 N–H and O–H groups in total. The van der Waals surface area contributed by atoms with E-state index in [-0.39, 0.29) is 63.2 Å². The summed E-state index contributed by atoms with van der Waals surface area (Å²) in [4.78, 5) is 0. The third-order valence-electron chi connectivity index (χ3n) is 18.3. The van der Waals surface area contributed by atoms with Gasteiger partial charge in [-0.15, -0.1) is 0 Å². The Hall–Kier alpha value is 2.06. The summed E-state index contributed by atoms with van der Waals surface area (Å²) in [6.07, 6.45) is 42.0. The summed E-state index contributed by atoms with van der Waals surface area (Å²) in [6, 6.07) is 0. The molecule has 0 nitrogen and oxygen atoms in total. The second kappa shape index (κ2) is 61.2. The van der Waals surface area contributed by atoms with Crippen molar-refractivity contribution < 1.29 is 63.2 Å². The van der Waals surface area contributed by atoms with E-state index >= 15 is 0 Å². The topological polar surface area (TPSA) is 0 Å². The molecule has 8 aliphatic carbocycles. The van der Waals surface area contributed by atoms with E-state index < -0.39 is 0 Å². The van der Waals surface area contributed by atoms with Crippen LogP contribution >= 0.6 is 0 Å². The first-order chi connectivity index (χ1) is 35.4. The normalized spacial score (nSPS) is 29.5. The Balaban J connectivity index is -0.000000101. The second-order valence-corrected chi connectivity index (χ2v) is 24.1. The smallest absolute Gasteiger partial charge is 0 e. The summed E-state index contributed by atoms with van der Waals surface area (Å²) in [5, 5.41) is 0. The van der Waals surface area contributed by atoms with Gasteiger partial charge in [-0.25, -0.2) is 0 Å². The largest absolute Gasteiger partial charge is 0.335 e. The summed E-state index contributed by atoms with van der Waals surface area (Å²) >= 11 is 0. The molecule has 3 unspecified atom stereocenters. The number of rotatable bonds is 6. The quantitative estimate of drug-likeness (QED) is 0.233. The maximum absolute atomic E-state index is 2.54. The molecule has 0 heterocycles. The van der Waals surface area contributed by atoms with Crippen LogP contribution in [0.5, 0.6) is 0 Å². The van der Waals surface area contributed by atoms with Gasteiger partial charge < -0.3 is 38.5 Å². The first kappa shape index (κ1) is 98.2. The molecular formula is C74H154W3-6. The maximum Gasteiger partial charge on any atom is 0 e. The minimum atomic E-state index is 0. The van der Waals surface area contributed by atoms with Gasteiger partial charge >= 0.3 is 0 Å². The van der Waals surface area contributed by atoms with Crippen LogP contribution in [0.3, 0.4) is 0 Å². The van der Waals surface area contributed by atoms with Crippen molar-refractivity contribution in [2.24, 2.45) is 99.1 Å². The third kappa shape index (κ3) is 36.0. The standard InChI is InChI=1S/2C14H26.2C12H20.2C3H7.8C2H6.3W/c1-9(2)11-5-13-7-12(10(3)4)8-14(13)6-11;1-10(2)12-8-13-6-5-7-14(13,9-12)11(3)4;2*1-10(2)12-7-3-5-11(9-12)6-4-8-12;2*1-3-2;8*1-2;;;/h9-14H,5-8H2,1-4H3;10-13H,5-9H2,1-4H3;2*3-4,10-11H,5-9H2,1-2H3;2*3H,1-2H3;8*1-2H3;;;/q;;2*-2;2*-1;;;;;;;;;;;. The van der Waals surface area contributed by atoms with Crippen LogP contribution in [-0.2, 0) is 63.2 Å². The summed E-state index contributed by atoms with van der Waals surface area (Å²) in [6.45, 7) is 69.0. The Kier molecular flexibility index (Phi) is 78.0. The molecule has 0 amide bonds. The zero-order valence-corrected chi connectivity index (χ0v) is 68.5. The van der Waals surface area contributed by atoms with E-state index in [9.17, 15) is 0 Å². The van der Waals surface area contributed by atoms with E-state index in [1.807, 2.05) is 151 Å². The first-order valence-electron chi connectivity index (χ1n) is 34.2. The number of hydrogen-bond donors (Lipinski definition) is 0. The van der Waals surface area contributed by atoms with Crippen LogP contribution in [0.2, 0.25) is 0 Å². The van der Waals surface area contributed by atoms with Crippen LogP contribution in [0.15, 0.2) is 0 Å².